The number of nitrogen functional groups attached to an aromatic ring is 1. The SMILES string of the molecule is CC1CCCC(CNC(=O)c2cc3cc(N)ccc3o2)C1. The van der Waals surface area contributed by atoms with E-state index in [4.69, 9.17) is 10.2 Å². The van der Waals surface area contributed by atoms with Crippen LogP contribution >= 0.6 is 0 Å². The number of amides is 1. The van der Waals surface area contributed by atoms with Crippen LogP contribution in [0.5, 0.6) is 0 Å². The summed E-state index contributed by atoms with van der Waals surface area (Å²) in [6.45, 7) is 3.03. The van der Waals surface area contributed by atoms with Crippen molar-refractivity contribution < 1.29 is 9.21 Å². The Morgan fingerprint density at radius 3 is 3.05 bits per heavy atom. The normalized spacial score (nSPS) is 22.3. The number of fused-ring (bicyclic) bond motifs is 1. The summed E-state index contributed by atoms with van der Waals surface area (Å²) in [7, 11) is 0. The molecule has 1 fully saturated rings. The highest BCUT2D eigenvalue weighted by atomic mass is 16.3. The van der Waals surface area contributed by atoms with Crippen LogP contribution in [0, 0.1) is 11.8 Å². The molecule has 1 amide bonds. The zero-order chi connectivity index (χ0) is 14.8. The van der Waals surface area contributed by atoms with Gasteiger partial charge in [0.1, 0.15) is 5.58 Å². The highest BCUT2D eigenvalue weighted by molar-refractivity contribution is 5.96. The molecule has 0 saturated heterocycles. The number of nitrogens with one attached hydrogen (secondary N) is 1. The maximum atomic E-state index is 12.2. The Labute approximate surface area is 124 Å². The smallest absolute Gasteiger partial charge is 0.287 e. The van der Waals surface area contributed by atoms with Crippen LogP contribution in [0.2, 0.25) is 0 Å². The Hall–Kier alpha value is -1.97. The largest absolute Gasteiger partial charge is 0.451 e. The van der Waals surface area contributed by atoms with Gasteiger partial charge in [-0.1, -0.05) is 19.8 Å². The zero-order valence-electron chi connectivity index (χ0n) is 12.4. The van der Waals surface area contributed by atoms with Gasteiger partial charge in [0.15, 0.2) is 5.76 Å². The minimum absolute atomic E-state index is 0.136. The summed E-state index contributed by atoms with van der Waals surface area (Å²) >= 11 is 0. The first kappa shape index (κ1) is 14.0. The monoisotopic (exact) mass is 286 g/mol. The van der Waals surface area contributed by atoms with E-state index in [0.29, 0.717) is 22.9 Å². The maximum Gasteiger partial charge on any atom is 0.287 e. The fourth-order valence-corrected chi connectivity index (χ4v) is 3.24. The van der Waals surface area contributed by atoms with Gasteiger partial charge in [0.2, 0.25) is 0 Å². The van der Waals surface area contributed by atoms with Crippen molar-refractivity contribution in [3.8, 4) is 0 Å². The molecule has 1 heterocycles. The molecule has 1 aromatic heterocycles. The van der Waals surface area contributed by atoms with Crippen LogP contribution in [0.1, 0.15) is 43.2 Å². The van der Waals surface area contributed by atoms with Gasteiger partial charge < -0.3 is 15.5 Å². The van der Waals surface area contributed by atoms with Crippen molar-refractivity contribution in [2.45, 2.75) is 32.6 Å². The van der Waals surface area contributed by atoms with E-state index in [1.54, 1.807) is 18.2 Å². The topological polar surface area (TPSA) is 68.3 Å². The Kier molecular flexibility index (Phi) is 3.86. The molecule has 0 aliphatic heterocycles. The summed E-state index contributed by atoms with van der Waals surface area (Å²) in [5, 5.41) is 3.87. The lowest BCUT2D eigenvalue weighted by Crippen LogP contribution is -2.31. The molecule has 112 valence electrons. The van der Waals surface area contributed by atoms with Crippen LogP contribution in [0.25, 0.3) is 11.0 Å². The first-order valence-corrected chi connectivity index (χ1v) is 7.69. The van der Waals surface area contributed by atoms with E-state index in [2.05, 4.69) is 12.2 Å². The van der Waals surface area contributed by atoms with E-state index >= 15 is 0 Å². The molecular formula is C17H22N2O2. The lowest BCUT2D eigenvalue weighted by Gasteiger charge is -2.26. The van der Waals surface area contributed by atoms with E-state index in [0.717, 1.165) is 17.8 Å². The molecule has 1 aromatic carbocycles. The fraction of sp³-hybridized carbons (Fsp3) is 0.471. The summed E-state index contributed by atoms with van der Waals surface area (Å²) < 4.78 is 5.58. The molecule has 0 spiro atoms. The third-order valence-corrected chi connectivity index (χ3v) is 4.36. The molecule has 3 rings (SSSR count). The number of anilines is 1. The molecule has 3 N–H and O–H groups in total. The highest BCUT2D eigenvalue weighted by Gasteiger charge is 2.20. The Bertz CT molecular complexity index is 647. The van der Waals surface area contributed by atoms with Gasteiger partial charge in [-0.2, -0.15) is 0 Å². The van der Waals surface area contributed by atoms with E-state index in [1.807, 2.05) is 6.07 Å². The molecular weight excluding hydrogens is 264 g/mol. The molecule has 4 nitrogen and oxygen atoms in total. The molecule has 0 radical (unpaired) electrons. The summed E-state index contributed by atoms with van der Waals surface area (Å²) in [5.41, 5.74) is 7.10. The minimum Gasteiger partial charge on any atom is -0.451 e. The fourth-order valence-electron chi connectivity index (χ4n) is 3.24. The van der Waals surface area contributed by atoms with E-state index in [9.17, 15) is 4.79 Å². The van der Waals surface area contributed by atoms with Gasteiger partial charge in [-0.05, 0) is 48.9 Å². The second-order valence-electron chi connectivity index (χ2n) is 6.26. The van der Waals surface area contributed by atoms with E-state index in [-0.39, 0.29) is 5.91 Å². The number of rotatable bonds is 3. The minimum atomic E-state index is -0.136. The lowest BCUT2D eigenvalue weighted by molar-refractivity contribution is 0.0915. The number of furan rings is 1. The third kappa shape index (κ3) is 3.20. The number of carbonyl (C=O) groups is 1. The van der Waals surface area contributed by atoms with Crippen LogP contribution in [0.15, 0.2) is 28.7 Å². The average Bonchev–Trinajstić information content (AvgIpc) is 2.88. The Morgan fingerprint density at radius 1 is 1.38 bits per heavy atom. The van der Waals surface area contributed by atoms with Crippen LogP contribution in [0.3, 0.4) is 0 Å². The van der Waals surface area contributed by atoms with Gasteiger partial charge in [0.05, 0.1) is 0 Å². The lowest BCUT2D eigenvalue weighted by atomic mass is 9.82. The number of benzene rings is 1. The third-order valence-electron chi connectivity index (χ3n) is 4.36. The molecule has 1 aliphatic carbocycles. The van der Waals surface area contributed by atoms with Crippen molar-refractivity contribution in [2.24, 2.45) is 11.8 Å². The number of hydrogen-bond acceptors (Lipinski definition) is 3. The Morgan fingerprint density at radius 2 is 2.24 bits per heavy atom. The van der Waals surface area contributed by atoms with Gasteiger partial charge >= 0.3 is 0 Å². The van der Waals surface area contributed by atoms with Crippen LogP contribution in [-0.4, -0.2) is 12.5 Å². The van der Waals surface area contributed by atoms with Gasteiger partial charge in [0.25, 0.3) is 5.91 Å². The molecule has 2 unspecified atom stereocenters. The molecule has 0 bridgehead atoms. The van der Waals surface area contributed by atoms with Crippen molar-refractivity contribution in [2.75, 3.05) is 12.3 Å². The van der Waals surface area contributed by atoms with Crippen molar-refractivity contribution in [1.29, 1.82) is 0 Å². The summed E-state index contributed by atoms with van der Waals surface area (Å²) in [6.07, 6.45) is 5.00. The molecule has 4 heteroatoms. The highest BCUT2D eigenvalue weighted by Crippen LogP contribution is 2.28. The maximum absolute atomic E-state index is 12.2. The second-order valence-corrected chi connectivity index (χ2v) is 6.26. The van der Waals surface area contributed by atoms with Crippen LogP contribution in [-0.2, 0) is 0 Å². The number of hydrogen-bond donors (Lipinski definition) is 2. The molecule has 1 saturated carbocycles. The standard InChI is InChI=1S/C17H22N2O2/c1-11-3-2-4-12(7-11)10-19-17(20)16-9-13-8-14(18)5-6-15(13)21-16/h5-6,8-9,11-12H,2-4,7,10,18H2,1H3,(H,19,20). The van der Waals surface area contributed by atoms with Gasteiger partial charge in [0, 0.05) is 17.6 Å². The van der Waals surface area contributed by atoms with Gasteiger partial charge in [-0.25, -0.2) is 0 Å². The second kappa shape index (κ2) is 5.80. The number of nitrogens with two attached hydrogens (primary N) is 1. The molecule has 2 aromatic rings. The van der Waals surface area contributed by atoms with E-state index < -0.39 is 0 Å². The van der Waals surface area contributed by atoms with Crippen molar-refractivity contribution >= 4 is 22.6 Å². The summed E-state index contributed by atoms with van der Waals surface area (Å²) in [6, 6.07) is 7.14. The van der Waals surface area contributed by atoms with Crippen molar-refractivity contribution in [3.05, 3.63) is 30.0 Å². The molecule has 21 heavy (non-hydrogen) atoms. The quantitative estimate of drug-likeness (QED) is 0.847. The first-order chi connectivity index (χ1) is 10.1. The van der Waals surface area contributed by atoms with Crippen LogP contribution < -0.4 is 11.1 Å². The average molecular weight is 286 g/mol. The van der Waals surface area contributed by atoms with Crippen molar-refractivity contribution in [3.63, 3.8) is 0 Å². The predicted octanol–water partition coefficient (Wildman–Crippen LogP) is 3.57. The summed E-state index contributed by atoms with van der Waals surface area (Å²) in [5.74, 6) is 1.59. The van der Waals surface area contributed by atoms with Crippen molar-refractivity contribution in [1.82, 2.24) is 5.32 Å². The zero-order valence-corrected chi connectivity index (χ0v) is 12.4. The van der Waals surface area contributed by atoms with Gasteiger partial charge in [-0.15, -0.1) is 0 Å². The van der Waals surface area contributed by atoms with E-state index in [1.165, 1.54) is 25.7 Å². The predicted molar refractivity (Wildman–Crippen MR) is 84.1 cm³/mol. The molecule has 1 aliphatic rings. The number of carbonyl (C=O) groups excluding carboxylic acids is 1. The molecule has 2 atom stereocenters. The van der Waals surface area contributed by atoms with Gasteiger partial charge in [-0.3, -0.25) is 4.79 Å². The first-order valence-electron chi connectivity index (χ1n) is 7.69. The summed E-state index contributed by atoms with van der Waals surface area (Å²) in [4.78, 5) is 12.2. The van der Waals surface area contributed by atoms with Crippen LogP contribution in [0.4, 0.5) is 5.69 Å². The Balaban J connectivity index is 1.63.